The van der Waals surface area contributed by atoms with Crippen LogP contribution < -0.4 is 5.32 Å². The van der Waals surface area contributed by atoms with E-state index in [1.807, 2.05) is 6.20 Å². The Morgan fingerprint density at radius 2 is 2.25 bits per heavy atom. The van der Waals surface area contributed by atoms with Crippen LogP contribution >= 0.6 is 11.3 Å². The molecule has 5 nitrogen and oxygen atoms in total. The molecule has 0 saturated carbocycles. The highest BCUT2D eigenvalue weighted by Crippen LogP contribution is 2.21. The molecule has 0 aliphatic rings. The second-order valence-corrected chi connectivity index (χ2v) is 5.71. The standard InChI is InChI=1S/C14H17N3O2S/c1-3-12-9-16-14(20-12)6-7-15-11-4-5-13(17(18)19)10(2)8-11/h4-5,8-9,15H,3,6-7H2,1-2H3. The van der Waals surface area contributed by atoms with Gasteiger partial charge in [-0.3, -0.25) is 10.1 Å². The van der Waals surface area contributed by atoms with Crippen LogP contribution in [0.1, 0.15) is 22.4 Å². The quantitative estimate of drug-likeness (QED) is 0.652. The first-order valence-electron chi connectivity index (χ1n) is 6.52. The average Bonchev–Trinajstić information content (AvgIpc) is 2.86. The van der Waals surface area contributed by atoms with Gasteiger partial charge in [0.05, 0.1) is 9.93 Å². The minimum atomic E-state index is -0.360. The van der Waals surface area contributed by atoms with Crippen LogP contribution in [0.3, 0.4) is 0 Å². The van der Waals surface area contributed by atoms with E-state index in [9.17, 15) is 10.1 Å². The number of anilines is 1. The van der Waals surface area contributed by atoms with Gasteiger partial charge in [-0.05, 0) is 25.5 Å². The predicted octanol–water partition coefficient (Wildman–Crippen LogP) is 3.58. The summed E-state index contributed by atoms with van der Waals surface area (Å²) in [6.07, 6.45) is 3.81. The SMILES string of the molecule is CCc1cnc(CCNc2ccc([N+](=O)[O-])c(C)c2)s1. The monoisotopic (exact) mass is 291 g/mol. The van der Waals surface area contributed by atoms with E-state index in [2.05, 4.69) is 17.2 Å². The molecule has 0 atom stereocenters. The number of hydrogen-bond acceptors (Lipinski definition) is 5. The second-order valence-electron chi connectivity index (χ2n) is 4.51. The van der Waals surface area contributed by atoms with E-state index in [1.54, 1.807) is 30.4 Å². The van der Waals surface area contributed by atoms with Crippen molar-refractivity contribution in [2.45, 2.75) is 26.7 Å². The van der Waals surface area contributed by atoms with Crippen molar-refractivity contribution in [1.82, 2.24) is 4.98 Å². The Kier molecular flexibility index (Phi) is 4.68. The topological polar surface area (TPSA) is 68.1 Å². The van der Waals surface area contributed by atoms with Crippen LogP contribution in [0.25, 0.3) is 0 Å². The molecule has 0 unspecified atom stereocenters. The molecule has 6 heteroatoms. The third kappa shape index (κ3) is 3.54. The molecule has 1 aromatic heterocycles. The van der Waals surface area contributed by atoms with Gasteiger partial charge in [0.1, 0.15) is 0 Å². The summed E-state index contributed by atoms with van der Waals surface area (Å²) in [5.41, 5.74) is 1.73. The van der Waals surface area contributed by atoms with E-state index in [0.29, 0.717) is 5.56 Å². The summed E-state index contributed by atoms with van der Waals surface area (Å²) in [4.78, 5) is 16.0. The van der Waals surface area contributed by atoms with Gasteiger partial charge in [0.15, 0.2) is 0 Å². The Balaban J connectivity index is 1.91. The van der Waals surface area contributed by atoms with Crippen molar-refractivity contribution in [3.05, 3.63) is 50.0 Å². The summed E-state index contributed by atoms with van der Waals surface area (Å²) in [6.45, 7) is 4.64. The molecule has 0 saturated heterocycles. The van der Waals surface area contributed by atoms with Gasteiger partial charge in [-0.15, -0.1) is 11.3 Å². The van der Waals surface area contributed by atoms with Crippen LogP contribution in [-0.4, -0.2) is 16.5 Å². The first-order valence-corrected chi connectivity index (χ1v) is 7.34. The molecule has 0 fully saturated rings. The fraction of sp³-hybridized carbons (Fsp3) is 0.357. The largest absolute Gasteiger partial charge is 0.385 e. The normalized spacial score (nSPS) is 10.5. The van der Waals surface area contributed by atoms with E-state index in [1.165, 1.54) is 10.9 Å². The van der Waals surface area contributed by atoms with E-state index >= 15 is 0 Å². The number of nitrogens with one attached hydrogen (secondary N) is 1. The third-order valence-electron chi connectivity index (χ3n) is 3.01. The van der Waals surface area contributed by atoms with Crippen LogP contribution in [-0.2, 0) is 12.8 Å². The lowest BCUT2D eigenvalue weighted by Crippen LogP contribution is -2.05. The molecule has 1 aromatic carbocycles. The highest BCUT2D eigenvalue weighted by molar-refractivity contribution is 7.11. The number of benzene rings is 1. The molecule has 20 heavy (non-hydrogen) atoms. The van der Waals surface area contributed by atoms with E-state index in [-0.39, 0.29) is 10.6 Å². The molecule has 1 heterocycles. The smallest absolute Gasteiger partial charge is 0.272 e. The number of nitrogens with zero attached hydrogens (tertiary/aromatic N) is 2. The molecule has 0 amide bonds. The Labute approximate surface area is 121 Å². The maximum atomic E-state index is 10.7. The highest BCUT2D eigenvalue weighted by Gasteiger charge is 2.09. The molecule has 0 radical (unpaired) electrons. The average molecular weight is 291 g/mol. The molecule has 0 spiro atoms. The molecular weight excluding hydrogens is 274 g/mol. The van der Waals surface area contributed by atoms with E-state index < -0.39 is 0 Å². The summed E-state index contributed by atoms with van der Waals surface area (Å²) >= 11 is 1.74. The Morgan fingerprint density at radius 1 is 1.45 bits per heavy atom. The molecule has 2 aromatic rings. The summed E-state index contributed by atoms with van der Waals surface area (Å²) in [6, 6.07) is 5.08. The molecule has 1 N–H and O–H groups in total. The lowest BCUT2D eigenvalue weighted by molar-refractivity contribution is -0.385. The number of aromatic nitrogens is 1. The lowest BCUT2D eigenvalue weighted by atomic mass is 10.2. The fourth-order valence-corrected chi connectivity index (χ4v) is 2.77. The van der Waals surface area contributed by atoms with Crippen molar-refractivity contribution in [2.75, 3.05) is 11.9 Å². The zero-order valence-corrected chi connectivity index (χ0v) is 12.4. The zero-order valence-electron chi connectivity index (χ0n) is 11.5. The Bertz CT molecular complexity index is 610. The summed E-state index contributed by atoms with van der Waals surface area (Å²) in [5, 5.41) is 15.1. The van der Waals surface area contributed by atoms with Crippen LogP contribution in [0.2, 0.25) is 0 Å². The van der Waals surface area contributed by atoms with Gasteiger partial charge in [0, 0.05) is 41.4 Å². The zero-order chi connectivity index (χ0) is 14.5. The summed E-state index contributed by atoms with van der Waals surface area (Å²) in [7, 11) is 0. The van der Waals surface area contributed by atoms with Crippen LogP contribution in [0.4, 0.5) is 11.4 Å². The number of thiazole rings is 1. The van der Waals surface area contributed by atoms with Crippen LogP contribution in [0, 0.1) is 17.0 Å². The minimum absolute atomic E-state index is 0.156. The van der Waals surface area contributed by atoms with Crippen molar-refractivity contribution < 1.29 is 4.92 Å². The number of hydrogen-bond donors (Lipinski definition) is 1. The van der Waals surface area contributed by atoms with E-state index in [0.717, 1.165) is 30.1 Å². The van der Waals surface area contributed by atoms with Crippen molar-refractivity contribution in [3.63, 3.8) is 0 Å². The molecular formula is C14H17N3O2S. The molecule has 0 aliphatic heterocycles. The number of rotatable bonds is 6. The first kappa shape index (κ1) is 14.5. The second kappa shape index (κ2) is 6.47. The van der Waals surface area contributed by atoms with Gasteiger partial charge in [-0.25, -0.2) is 4.98 Å². The van der Waals surface area contributed by atoms with Crippen LogP contribution in [0.15, 0.2) is 24.4 Å². The predicted molar refractivity (Wildman–Crippen MR) is 81.5 cm³/mol. The Morgan fingerprint density at radius 3 is 2.85 bits per heavy atom. The van der Waals surface area contributed by atoms with Gasteiger partial charge in [0.25, 0.3) is 5.69 Å². The van der Waals surface area contributed by atoms with Gasteiger partial charge in [0.2, 0.25) is 0 Å². The van der Waals surface area contributed by atoms with Gasteiger partial charge >= 0.3 is 0 Å². The Hall–Kier alpha value is -1.95. The third-order valence-corrected chi connectivity index (χ3v) is 4.21. The maximum absolute atomic E-state index is 10.7. The maximum Gasteiger partial charge on any atom is 0.272 e. The highest BCUT2D eigenvalue weighted by atomic mass is 32.1. The first-order chi connectivity index (χ1) is 9.60. The molecule has 2 rings (SSSR count). The minimum Gasteiger partial charge on any atom is -0.385 e. The molecule has 106 valence electrons. The number of nitro groups is 1. The van der Waals surface area contributed by atoms with Crippen molar-refractivity contribution in [3.8, 4) is 0 Å². The van der Waals surface area contributed by atoms with Crippen LogP contribution in [0.5, 0.6) is 0 Å². The summed E-state index contributed by atoms with van der Waals surface area (Å²) < 4.78 is 0. The summed E-state index contributed by atoms with van der Waals surface area (Å²) in [5.74, 6) is 0. The van der Waals surface area contributed by atoms with E-state index in [4.69, 9.17) is 0 Å². The fourth-order valence-electron chi connectivity index (χ4n) is 1.91. The van der Waals surface area contributed by atoms with Crippen molar-refractivity contribution in [1.29, 1.82) is 0 Å². The molecule has 0 aliphatic carbocycles. The van der Waals surface area contributed by atoms with Crippen molar-refractivity contribution >= 4 is 22.7 Å². The number of nitro benzene ring substituents is 1. The van der Waals surface area contributed by atoms with Gasteiger partial charge in [-0.2, -0.15) is 0 Å². The lowest BCUT2D eigenvalue weighted by Gasteiger charge is -2.06. The molecule has 0 bridgehead atoms. The number of aryl methyl sites for hydroxylation is 2. The van der Waals surface area contributed by atoms with Crippen molar-refractivity contribution in [2.24, 2.45) is 0 Å². The van der Waals surface area contributed by atoms with Gasteiger partial charge in [-0.1, -0.05) is 6.92 Å². The van der Waals surface area contributed by atoms with Gasteiger partial charge < -0.3 is 5.32 Å².